The lowest BCUT2D eigenvalue weighted by Gasteiger charge is -2.12. The smallest absolute Gasteiger partial charge is 0.399 e. The Kier molecular flexibility index (Phi) is 3.76. The van der Waals surface area contributed by atoms with Crippen molar-refractivity contribution >= 4 is 28.7 Å². The van der Waals surface area contributed by atoms with Gasteiger partial charge in [0.25, 0.3) is 0 Å². The second-order valence-electron chi connectivity index (χ2n) is 4.09. The molecule has 0 amide bonds. The van der Waals surface area contributed by atoms with Gasteiger partial charge in [-0.25, -0.2) is 4.39 Å². The van der Waals surface area contributed by atoms with Crippen molar-refractivity contribution in [2.45, 2.75) is 6.18 Å². The average molecular weight is 305 g/mol. The minimum Gasteiger partial charge on any atom is -0.399 e. The molecule has 20 heavy (non-hydrogen) atoms. The van der Waals surface area contributed by atoms with E-state index in [0.717, 1.165) is 24.3 Å². The Labute approximate surface area is 117 Å². The van der Waals surface area contributed by atoms with E-state index in [-0.39, 0.29) is 16.4 Å². The van der Waals surface area contributed by atoms with Gasteiger partial charge in [-0.2, -0.15) is 13.2 Å². The molecule has 2 aromatic carbocycles. The van der Waals surface area contributed by atoms with Gasteiger partial charge in [0.2, 0.25) is 0 Å². The molecule has 2 aromatic rings. The SMILES string of the molecule is Nc1cc(F)cc(Nc2ccc(C(F)(F)F)cc2Cl)c1. The Morgan fingerprint density at radius 2 is 1.75 bits per heavy atom. The molecular weight excluding hydrogens is 296 g/mol. The van der Waals surface area contributed by atoms with E-state index < -0.39 is 17.6 Å². The molecule has 0 saturated heterocycles. The summed E-state index contributed by atoms with van der Waals surface area (Å²) < 4.78 is 50.6. The quantitative estimate of drug-likeness (QED) is 0.616. The Morgan fingerprint density at radius 1 is 1.05 bits per heavy atom. The molecular formula is C13H9ClF4N2. The molecule has 0 fully saturated rings. The molecule has 0 unspecified atom stereocenters. The van der Waals surface area contributed by atoms with Crippen LogP contribution < -0.4 is 11.1 Å². The molecule has 0 aliphatic rings. The normalized spacial score (nSPS) is 11.4. The van der Waals surface area contributed by atoms with Crippen molar-refractivity contribution in [3.8, 4) is 0 Å². The molecule has 2 nitrogen and oxygen atoms in total. The van der Waals surface area contributed by atoms with Crippen LogP contribution in [0.15, 0.2) is 36.4 Å². The van der Waals surface area contributed by atoms with Crippen LogP contribution >= 0.6 is 11.6 Å². The number of hydrogen-bond acceptors (Lipinski definition) is 2. The summed E-state index contributed by atoms with van der Waals surface area (Å²) >= 11 is 5.78. The molecule has 0 aromatic heterocycles. The van der Waals surface area contributed by atoms with E-state index in [1.54, 1.807) is 0 Å². The molecule has 0 spiro atoms. The Balaban J connectivity index is 2.30. The van der Waals surface area contributed by atoms with Gasteiger partial charge in [-0.3, -0.25) is 0 Å². The largest absolute Gasteiger partial charge is 0.416 e. The first-order chi connectivity index (χ1) is 9.25. The third kappa shape index (κ3) is 3.33. The summed E-state index contributed by atoms with van der Waals surface area (Å²) in [5.74, 6) is -0.560. The second kappa shape index (κ2) is 5.20. The summed E-state index contributed by atoms with van der Waals surface area (Å²) in [6, 6.07) is 6.58. The van der Waals surface area contributed by atoms with Crippen LogP contribution in [0.4, 0.5) is 34.6 Å². The zero-order valence-corrected chi connectivity index (χ0v) is 10.7. The highest BCUT2D eigenvalue weighted by atomic mass is 35.5. The maximum atomic E-state index is 13.1. The van der Waals surface area contributed by atoms with Gasteiger partial charge in [-0.1, -0.05) is 11.6 Å². The standard InChI is InChI=1S/C13H9ClF4N2/c14-11-3-7(13(16,17)18)1-2-12(11)20-10-5-8(15)4-9(19)6-10/h1-6,20H,19H2. The Hall–Kier alpha value is -1.95. The second-order valence-corrected chi connectivity index (χ2v) is 4.50. The van der Waals surface area contributed by atoms with Gasteiger partial charge in [0.15, 0.2) is 0 Å². The number of nitrogens with one attached hydrogen (secondary N) is 1. The maximum Gasteiger partial charge on any atom is 0.416 e. The van der Waals surface area contributed by atoms with Crippen LogP contribution in [0, 0.1) is 5.82 Å². The lowest BCUT2D eigenvalue weighted by Crippen LogP contribution is -2.05. The molecule has 0 aliphatic heterocycles. The molecule has 3 N–H and O–H groups in total. The van der Waals surface area contributed by atoms with Gasteiger partial charge >= 0.3 is 6.18 Å². The highest BCUT2D eigenvalue weighted by Crippen LogP contribution is 2.34. The van der Waals surface area contributed by atoms with Gasteiger partial charge in [0.1, 0.15) is 5.82 Å². The van der Waals surface area contributed by atoms with Crippen LogP contribution in [0.2, 0.25) is 5.02 Å². The van der Waals surface area contributed by atoms with Gasteiger partial charge in [0, 0.05) is 11.4 Å². The Morgan fingerprint density at radius 3 is 2.30 bits per heavy atom. The number of hydrogen-bond donors (Lipinski definition) is 2. The Bertz CT molecular complexity index is 621. The zero-order valence-electron chi connectivity index (χ0n) is 9.93. The number of nitrogens with two attached hydrogens (primary N) is 1. The van der Waals surface area contributed by atoms with Crippen molar-refractivity contribution in [3.05, 3.63) is 52.8 Å². The van der Waals surface area contributed by atoms with E-state index >= 15 is 0 Å². The van der Waals surface area contributed by atoms with Crippen LogP contribution in [0.1, 0.15) is 5.56 Å². The molecule has 0 saturated carbocycles. The molecule has 0 aliphatic carbocycles. The topological polar surface area (TPSA) is 38.0 Å². The third-order valence-electron chi connectivity index (χ3n) is 2.50. The minimum absolute atomic E-state index is 0.123. The monoisotopic (exact) mass is 304 g/mol. The van der Waals surface area contributed by atoms with Crippen LogP contribution in [-0.4, -0.2) is 0 Å². The van der Waals surface area contributed by atoms with Gasteiger partial charge in [-0.05, 0) is 36.4 Å². The zero-order chi connectivity index (χ0) is 14.9. The fourth-order valence-corrected chi connectivity index (χ4v) is 1.86. The van der Waals surface area contributed by atoms with E-state index in [4.69, 9.17) is 17.3 Å². The fraction of sp³-hybridized carbons (Fsp3) is 0.0769. The number of alkyl halides is 3. The molecule has 0 bridgehead atoms. The summed E-state index contributed by atoms with van der Waals surface area (Å²) in [5.41, 5.74) is 5.33. The van der Waals surface area contributed by atoms with Crippen LogP contribution in [-0.2, 0) is 6.18 Å². The molecule has 106 valence electrons. The number of rotatable bonds is 2. The average Bonchev–Trinajstić information content (AvgIpc) is 2.29. The lowest BCUT2D eigenvalue weighted by atomic mass is 10.2. The van der Waals surface area contributed by atoms with Gasteiger partial charge in [-0.15, -0.1) is 0 Å². The molecule has 0 heterocycles. The number of halogens is 5. The summed E-state index contributed by atoms with van der Waals surface area (Å²) in [7, 11) is 0. The predicted octanol–water partition coefficient (Wildman–Crippen LogP) is 4.82. The molecule has 0 radical (unpaired) electrons. The van der Waals surface area contributed by atoms with E-state index in [9.17, 15) is 17.6 Å². The van der Waals surface area contributed by atoms with E-state index in [0.29, 0.717) is 5.69 Å². The van der Waals surface area contributed by atoms with Crippen molar-refractivity contribution in [3.63, 3.8) is 0 Å². The van der Waals surface area contributed by atoms with Crippen molar-refractivity contribution in [2.75, 3.05) is 11.1 Å². The number of nitrogen functional groups attached to an aromatic ring is 1. The number of benzene rings is 2. The maximum absolute atomic E-state index is 13.1. The fourth-order valence-electron chi connectivity index (χ4n) is 1.63. The van der Waals surface area contributed by atoms with E-state index in [2.05, 4.69) is 5.32 Å². The number of anilines is 3. The highest BCUT2D eigenvalue weighted by molar-refractivity contribution is 6.33. The van der Waals surface area contributed by atoms with E-state index in [1.165, 1.54) is 12.1 Å². The summed E-state index contributed by atoms with van der Waals surface area (Å²) in [4.78, 5) is 0. The first kappa shape index (κ1) is 14.5. The van der Waals surface area contributed by atoms with Crippen LogP contribution in [0.25, 0.3) is 0 Å². The summed E-state index contributed by atoms with van der Waals surface area (Å²) in [6.45, 7) is 0. The van der Waals surface area contributed by atoms with Crippen molar-refractivity contribution < 1.29 is 17.6 Å². The van der Waals surface area contributed by atoms with Gasteiger partial charge < -0.3 is 11.1 Å². The summed E-state index contributed by atoms with van der Waals surface area (Å²) in [6.07, 6.45) is -4.47. The van der Waals surface area contributed by atoms with Crippen molar-refractivity contribution in [2.24, 2.45) is 0 Å². The third-order valence-corrected chi connectivity index (χ3v) is 2.81. The molecule has 2 rings (SSSR count). The lowest BCUT2D eigenvalue weighted by molar-refractivity contribution is -0.137. The van der Waals surface area contributed by atoms with Gasteiger partial charge in [0.05, 0.1) is 16.3 Å². The predicted molar refractivity (Wildman–Crippen MR) is 70.5 cm³/mol. The first-order valence-electron chi connectivity index (χ1n) is 5.45. The van der Waals surface area contributed by atoms with Crippen LogP contribution in [0.5, 0.6) is 0 Å². The van der Waals surface area contributed by atoms with E-state index in [1.807, 2.05) is 0 Å². The first-order valence-corrected chi connectivity index (χ1v) is 5.83. The minimum atomic E-state index is -4.47. The van der Waals surface area contributed by atoms with Crippen LogP contribution in [0.3, 0.4) is 0 Å². The molecule has 0 atom stereocenters. The summed E-state index contributed by atoms with van der Waals surface area (Å²) in [5, 5.41) is 2.59. The van der Waals surface area contributed by atoms with Crippen molar-refractivity contribution in [1.82, 2.24) is 0 Å². The molecule has 7 heteroatoms. The van der Waals surface area contributed by atoms with Crippen molar-refractivity contribution in [1.29, 1.82) is 0 Å². The highest BCUT2D eigenvalue weighted by Gasteiger charge is 2.30.